The van der Waals surface area contributed by atoms with Crippen molar-refractivity contribution in [3.63, 3.8) is 0 Å². The number of ether oxygens (including phenoxy) is 1. The van der Waals surface area contributed by atoms with E-state index < -0.39 is 15.8 Å². The molecule has 3 aromatic rings. The van der Waals surface area contributed by atoms with Crippen LogP contribution >= 0.6 is 0 Å². The maximum absolute atomic E-state index is 12.1. The molecule has 0 atom stereocenters. The molecule has 0 bridgehead atoms. The topological polar surface area (TPSA) is 86.5 Å². The normalized spacial score (nSPS) is 11.2. The maximum Gasteiger partial charge on any atom is 0.338 e. The van der Waals surface area contributed by atoms with E-state index in [0.29, 0.717) is 11.5 Å². The Bertz CT molecular complexity index is 993. The van der Waals surface area contributed by atoms with Crippen LogP contribution in [-0.4, -0.2) is 25.8 Å². The van der Waals surface area contributed by atoms with Crippen LogP contribution in [0.5, 0.6) is 0 Å². The number of benzene rings is 2. The minimum atomic E-state index is -3.39. The number of carbonyl (C=O) groups is 1. The average Bonchev–Trinajstić information content (AvgIpc) is 3.09. The monoisotopic (exact) mass is 357 g/mol. The minimum Gasteiger partial charge on any atom is -0.455 e. The van der Waals surface area contributed by atoms with E-state index >= 15 is 0 Å². The van der Waals surface area contributed by atoms with E-state index in [1.165, 1.54) is 24.3 Å². The molecule has 0 aliphatic heterocycles. The second-order valence-electron chi connectivity index (χ2n) is 5.42. The fourth-order valence-electron chi connectivity index (χ4n) is 2.19. The van der Waals surface area contributed by atoms with Crippen molar-refractivity contribution in [1.29, 1.82) is 0 Å². The number of aromatic nitrogens is 1. The number of carbonyl (C=O) groups excluding carboxylic acids is 1. The summed E-state index contributed by atoms with van der Waals surface area (Å²) in [6.45, 7) is -0.0712. The van der Waals surface area contributed by atoms with Crippen LogP contribution in [0.15, 0.2) is 70.1 Å². The summed E-state index contributed by atoms with van der Waals surface area (Å²) in [5.74, 6) is -0.0551. The van der Waals surface area contributed by atoms with Gasteiger partial charge in [-0.25, -0.2) is 13.2 Å². The Kier molecular flexibility index (Phi) is 4.67. The second kappa shape index (κ2) is 6.90. The van der Waals surface area contributed by atoms with Gasteiger partial charge in [0.05, 0.1) is 10.5 Å². The van der Waals surface area contributed by atoms with E-state index in [4.69, 9.17) is 9.26 Å². The van der Waals surface area contributed by atoms with E-state index in [1.54, 1.807) is 6.07 Å². The molecule has 7 heteroatoms. The Morgan fingerprint density at radius 2 is 1.84 bits per heavy atom. The van der Waals surface area contributed by atoms with Gasteiger partial charge in [-0.05, 0) is 18.2 Å². The van der Waals surface area contributed by atoms with E-state index in [9.17, 15) is 13.2 Å². The van der Waals surface area contributed by atoms with Crippen molar-refractivity contribution >= 4 is 15.8 Å². The predicted octanol–water partition coefficient (Wildman–Crippen LogP) is 3.10. The van der Waals surface area contributed by atoms with Crippen LogP contribution in [0.25, 0.3) is 11.3 Å². The van der Waals surface area contributed by atoms with Crippen molar-refractivity contribution in [2.75, 3.05) is 6.26 Å². The lowest BCUT2D eigenvalue weighted by molar-refractivity contribution is 0.0464. The van der Waals surface area contributed by atoms with Crippen molar-refractivity contribution in [2.45, 2.75) is 11.5 Å². The first-order valence-electron chi connectivity index (χ1n) is 7.42. The van der Waals surface area contributed by atoms with Gasteiger partial charge in [0.15, 0.2) is 15.6 Å². The third-order valence-corrected chi connectivity index (χ3v) is 4.58. The van der Waals surface area contributed by atoms with Crippen molar-refractivity contribution in [3.05, 3.63) is 71.9 Å². The van der Waals surface area contributed by atoms with Crippen LogP contribution in [0.2, 0.25) is 0 Å². The zero-order valence-electron chi connectivity index (χ0n) is 13.4. The molecular formula is C18H15NO5S. The Balaban J connectivity index is 1.68. The van der Waals surface area contributed by atoms with E-state index in [-0.39, 0.29) is 17.1 Å². The lowest BCUT2D eigenvalue weighted by Crippen LogP contribution is -2.07. The quantitative estimate of drug-likeness (QED) is 0.652. The highest BCUT2D eigenvalue weighted by atomic mass is 32.2. The molecule has 0 saturated carbocycles. The number of sulfone groups is 1. The molecule has 0 radical (unpaired) electrons. The molecule has 0 amide bonds. The SMILES string of the molecule is CS(=O)(=O)c1cccc(C(=O)OCc2cc(-c3ccccc3)on2)c1. The van der Waals surface area contributed by atoms with Crippen LogP contribution in [-0.2, 0) is 21.2 Å². The Hall–Kier alpha value is -2.93. The van der Waals surface area contributed by atoms with Gasteiger partial charge in [-0.2, -0.15) is 0 Å². The van der Waals surface area contributed by atoms with Crippen molar-refractivity contribution in [2.24, 2.45) is 0 Å². The lowest BCUT2D eigenvalue weighted by atomic mass is 10.2. The zero-order valence-corrected chi connectivity index (χ0v) is 14.2. The Morgan fingerprint density at radius 3 is 2.56 bits per heavy atom. The average molecular weight is 357 g/mol. The molecule has 3 rings (SSSR count). The molecular weight excluding hydrogens is 342 g/mol. The highest BCUT2D eigenvalue weighted by Gasteiger charge is 2.14. The van der Waals surface area contributed by atoms with Gasteiger partial charge in [-0.15, -0.1) is 0 Å². The summed E-state index contributed by atoms with van der Waals surface area (Å²) in [5.41, 5.74) is 1.50. The van der Waals surface area contributed by atoms with Crippen LogP contribution in [0.3, 0.4) is 0 Å². The standard InChI is InChI=1S/C18H15NO5S/c1-25(21,22)16-9-5-8-14(10-16)18(20)23-12-15-11-17(24-19-15)13-6-3-2-4-7-13/h2-11H,12H2,1H3. The predicted molar refractivity (Wildman–Crippen MR) is 90.6 cm³/mol. The molecule has 1 aromatic heterocycles. The fourth-order valence-corrected chi connectivity index (χ4v) is 2.86. The second-order valence-corrected chi connectivity index (χ2v) is 7.44. The summed E-state index contributed by atoms with van der Waals surface area (Å²) in [7, 11) is -3.39. The molecule has 25 heavy (non-hydrogen) atoms. The molecule has 0 unspecified atom stereocenters. The third kappa shape index (κ3) is 4.13. The molecule has 0 spiro atoms. The molecule has 0 aliphatic rings. The summed E-state index contributed by atoms with van der Waals surface area (Å²) < 4.78 is 33.5. The third-order valence-electron chi connectivity index (χ3n) is 3.47. The Labute approximate surface area is 145 Å². The van der Waals surface area contributed by atoms with E-state index in [1.807, 2.05) is 30.3 Å². The molecule has 0 N–H and O–H groups in total. The molecule has 128 valence electrons. The first-order valence-corrected chi connectivity index (χ1v) is 9.31. The summed E-state index contributed by atoms with van der Waals surface area (Å²) >= 11 is 0. The van der Waals surface area contributed by atoms with E-state index in [0.717, 1.165) is 11.8 Å². The molecule has 0 saturated heterocycles. The fraction of sp³-hybridized carbons (Fsp3) is 0.111. The van der Waals surface area contributed by atoms with Crippen LogP contribution in [0.1, 0.15) is 16.1 Å². The first kappa shape index (κ1) is 16.9. The zero-order chi connectivity index (χ0) is 17.9. The maximum atomic E-state index is 12.1. The lowest BCUT2D eigenvalue weighted by Gasteiger charge is -2.04. The van der Waals surface area contributed by atoms with Gasteiger partial charge in [0, 0.05) is 17.9 Å². The summed E-state index contributed by atoms with van der Waals surface area (Å²) in [6, 6.07) is 16.8. The van der Waals surface area contributed by atoms with Crippen LogP contribution < -0.4 is 0 Å². The highest BCUT2D eigenvalue weighted by molar-refractivity contribution is 7.90. The number of rotatable bonds is 5. The van der Waals surface area contributed by atoms with Gasteiger partial charge < -0.3 is 9.26 Å². The molecule has 0 aliphatic carbocycles. The van der Waals surface area contributed by atoms with Crippen molar-refractivity contribution in [3.8, 4) is 11.3 Å². The summed E-state index contributed by atoms with van der Waals surface area (Å²) in [5, 5.41) is 3.87. The van der Waals surface area contributed by atoms with Gasteiger partial charge in [0.1, 0.15) is 12.3 Å². The van der Waals surface area contributed by atoms with E-state index in [2.05, 4.69) is 5.16 Å². The van der Waals surface area contributed by atoms with Gasteiger partial charge in [0.2, 0.25) is 0 Å². The number of esters is 1. The number of nitrogens with zero attached hydrogens (tertiary/aromatic N) is 1. The molecule has 1 heterocycles. The smallest absolute Gasteiger partial charge is 0.338 e. The largest absolute Gasteiger partial charge is 0.455 e. The highest BCUT2D eigenvalue weighted by Crippen LogP contribution is 2.20. The van der Waals surface area contributed by atoms with Crippen molar-refractivity contribution in [1.82, 2.24) is 5.16 Å². The first-order chi connectivity index (χ1) is 11.9. The number of hydrogen-bond acceptors (Lipinski definition) is 6. The van der Waals surface area contributed by atoms with Gasteiger partial charge >= 0.3 is 5.97 Å². The Morgan fingerprint density at radius 1 is 1.08 bits per heavy atom. The van der Waals surface area contributed by atoms with Crippen LogP contribution in [0.4, 0.5) is 0 Å². The molecule has 6 nitrogen and oxygen atoms in total. The molecule has 2 aromatic carbocycles. The number of hydrogen-bond donors (Lipinski definition) is 0. The van der Waals surface area contributed by atoms with Gasteiger partial charge in [-0.3, -0.25) is 0 Å². The minimum absolute atomic E-state index is 0.0646. The summed E-state index contributed by atoms with van der Waals surface area (Å²) in [4.78, 5) is 12.2. The van der Waals surface area contributed by atoms with Crippen LogP contribution in [0, 0.1) is 0 Å². The summed E-state index contributed by atoms with van der Waals surface area (Å²) in [6.07, 6.45) is 1.08. The van der Waals surface area contributed by atoms with Gasteiger partial charge in [-0.1, -0.05) is 41.6 Å². The van der Waals surface area contributed by atoms with Gasteiger partial charge in [0.25, 0.3) is 0 Å². The van der Waals surface area contributed by atoms with Crippen molar-refractivity contribution < 1.29 is 22.5 Å². The molecule has 0 fully saturated rings.